The summed E-state index contributed by atoms with van der Waals surface area (Å²) >= 11 is 0. The van der Waals surface area contributed by atoms with Crippen LogP contribution in [0.3, 0.4) is 0 Å². The zero-order chi connectivity index (χ0) is 37.8. The van der Waals surface area contributed by atoms with Crippen molar-refractivity contribution >= 4 is 23.5 Å². The molecule has 4 aliphatic carbocycles. The van der Waals surface area contributed by atoms with Crippen LogP contribution in [0, 0.1) is 48.8 Å². The first-order chi connectivity index (χ1) is 23.9. The Kier molecular flexibility index (Phi) is 12.2. The average Bonchev–Trinajstić information content (AvgIpc) is 3.27. The van der Waals surface area contributed by atoms with Crippen molar-refractivity contribution in [3.8, 4) is 0 Å². The van der Waals surface area contributed by atoms with E-state index in [4.69, 9.17) is 9.47 Å². The van der Waals surface area contributed by atoms with Crippen LogP contribution in [0.4, 0.5) is 8.78 Å². The Morgan fingerprint density at radius 2 is 1.55 bits per heavy atom. The Labute approximate surface area is 293 Å². The van der Waals surface area contributed by atoms with Crippen LogP contribution < -0.4 is 0 Å². The van der Waals surface area contributed by atoms with Gasteiger partial charge in [0.1, 0.15) is 5.83 Å². The predicted molar refractivity (Wildman–Crippen MR) is 171 cm³/mol. The summed E-state index contributed by atoms with van der Waals surface area (Å²) in [5.74, 6) is -6.09. The summed E-state index contributed by atoms with van der Waals surface area (Å²) in [4.78, 5) is 81.9. The number of ketones is 2. The van der Waals surface area contributed by atoms with Crippen LogP contribution in [0.2, 0.25) is 0 Å². The molecular formula is C34H46F2N2O13. The minimum Gasteiger partial charge on any atom is -0.457 e. The van der Waals surface area contributed by atoms with Crippen molar-refractivity contribution in [3.05, 3.63) is 43.8 Å². The van der Waals surface area contributed by atoms with Gasteiger partial charge >= 0.3 is 11.9 Å². The summed E-state index contributed by atoms with van der Waals surface area (Å²) in [5, 5.41) is 30.6. The summed E-state index contributed by atoms with van der Waals surface area (Å²) in [7, 11) is 0. The number of esters is 2. The molecule has 0 aromatic rings. The molecule has 284 valence electrons. The van der Waals surface area contributed by atoms with Crippen molar-refractivity contribution < 1.29 is 62.4 Å². The van der Waals surface area contributed by atoms with Gasteiger partial charge in [-0.1, -0.05) is 32.8 Å². The van der Waals surface area contributed by atoms with E-state index in [0.717, 1.165) is 0 Å². The maximum Gasteiger partial charge on any atom is 0.306 e. The number of unbranched alkanes of at least 4 members (excludes halogenated alkanes) is 4. The monoisotopic (exact) mass is 728 g/mol. The molecule has 0 saturated heterocycles. The van der Waals surface area contributed by atoms with Crippen molar-refractivity contribution in [2.75, 3.05) is 19.8 Å². The van der Waals surface area contributed by atoms with E-state index >= 15 is 8.78 Å². The van der Waals surface area contributed by atoms with Gasteiger partial charge < -0.3 is 24.3 Å². The molecule has 15 nitrogen and oxygen atoms in total. The first-order valence-corrected chi connectivity index (χ1v) is 17.4. The number of hydrogen-bond acceptors (Lipinski definition) is 13. The number of aliphatic hydroxyl groups is 1. The second kappa shape index (κ2) is 15.7. The number of fused-ring (bicyclic) bond motifs is 5. The Morgan fingerprint density at radius 1 is 0.961 bits per heavy atom. The van der Waals surface area contributed by atoms with Crippen molar-refractivity contribution in [2.24, 2.45) is 28.6 Å². The van der Waals surface area contributed by atoms with Crippen LogP contribution >= 0.6 is 0 Å². The molecule has 2 saturated carbocycles. The fourth-order valence-corrected chi connectivity index (χ4v) is 9.30. The number of alkyl halides is 1. The number of carbonyl (C=O) groups excluding carboxylic acids is 4. The molecule has 0 bridgehead atoms. The van der Waals surface area contributed by atoms with Gasteiger partial charge in [-0.05, 0) is 63.0 Å². The highest BCUT2D eigenvalue weighted by molar-refractivity contribution is 5.94. The molecule has 0 aromatic carbocycles. The number of Topliss-reactive ketones (excluding diaryl/α,β-unsaturated/α-hetero) is 1. The number of allylic oxidation sites excluding steroid dienone is 4. The number of ether oxygens (including phenoxy) is 2. The van der Waals surface area contributed by atoms with Crippen LogP contribution in [0.1, 0.15) is 97.8 Å². The van der Waals surface area contributed by atoms with Gasteiger partial charge in [-0.3, -0.25) is 19.2 Å². The van der Waals surface area contributed by atoms with Crippen molar-refractivity contribution in [1.29, 1.82) is 0 Å². The molecule has 4 rings (SSSR count). The maximum absolute atomic E-state index is 17.7. The lowest BCUT2D eigenvalue weighted by molar-refractivity contribution is -0.757. The van der Waals surface area contributed by atoms with Crippen molar-refractivity contribution in [1.82, 2.24) is 0 Å². The molecular weight excluding hydrogens is 682 g/mol. The molecule has 51 heavy (non-hydrogen) atoms. The molecule has 17 heteroatoms. The predicted octanol–water partition coefficient (Wildman–Crippen LogP) is 4.83. The number of rotatable bonds is 18. The second-order valence-corrected chi connectivity index (χ2v) is 14.6. The second-order valence-electron chi connectivity index (χ2n) is 14.6. The Morgan fingerprint density at radius 3 is 2.14 bits per heavy atom. The van der Waals surface area contributed by atoms with Crippen molar-refractivity contribution in [2.45, 2.75) is 115 Å². The highest BCUT2D eigenvalue weighted by Gasteiger charge is 2.77. The lowest BCUT2D eigenvalue weighted by atomic mass is 9.45. The molecule has 4 aliphatic rings. The van der Waals surface area contributed by atoms with E-state index in [-0.39, 0.29) is 69.5 Å². The Bertz CT molecular complexity index is 1470. The van der Waals surface area contributed by atoms with Gasteiger partial charge in [0.15, 0.2) is 23.7 Å². The van der Waals surface area contributed by atoms with Crippen LogP contribution in [0.15, 0.2) is 23.6 Å². The summed E-state index contributed by atoms with van der Waals surface area (Å²) in [5.41, 5.74) is -7.54. The number of nitrogens with zero attached hydrogens (tertiary/aromatic N) is 2. The van der Waals surface area contributed by atoms with Gasteiger partial charge in [0, 0.05) is 48.3 Å². The minimum absolute atomic E-state index is 0.0166. The minimum atomic E-state index is -2.43. The lowest BCUT2D eigenvalue weighted by Gasteiger charge is -2.62. The molecule has 2 unspecified atom stereocenters. The van der Waals surface area contributed by atoms with Crippen molar-refractivity contribution in [3.63, 3.8) is 0 Å². The van der Waals surface area contributed by atoms with E-state index < -0.39 is 92.7 Å². The number of hydrogen-bond donors (Lipinski definition) is 1. The number of aliphatic hydroxyl groups excluding tert-OH is 1. The smallest absolute Gasteiger partial charge is 0.306 e. The molecule has 2 fully saturated rings. The normalized spacial score (nSPS) is 33.8. The largest absolute Gasteiger partial charge is 0.457 e. The third-order valence-electron chi connectivity index (χ3n) is 11.7. The van der Waals surface area contributed by atoms with Gasteiger partial charge in [0.25, 0.3) is 10.2 Å². The van der Waals surface area contributed by atoms with Crippen LogP contribution in [0.5, 0.6) is 0 Å². The molecule has 0 aliphatic heterocycles. The lowest BCUT2D eigenvalue weighted by Crippen LogP contribution is -2.70. The third kappa shape index (κ3) is 7.49. The summed E-state index contributed by atoms with van der Waals surface area (Å²) in [6.07, 6.45) is 1.34. The highest BCUT2D eigenvalue weighted by atomic mass is 19.1. The van der Waals surface area contributed by atoms with Gasteiger partial charge in [0.2, 0.25) is 5.78 Å². The molecule has 0 radical (unpaired) electrons. The molecule has 1 N–H and O–H groups in total. The Balaban J connectivity index is 1.58. The highest BCUT2D eigenvalue weighted by Crippen LogP contribution is 2.71. The zero-order valence-electron chi connectivity index (χ0n) is 29.1. The van der Waals surface area contributed by atoms with Gasteiger partial charge in [-0.25, -0.2) is 8.78 Å². The third-order valence-corrected chi connectivity index (χ3v) is 11.7. The molecule has 0 heterocycles. The summed E-state index contributed by atoms with van der Waals surface area (Å²) < 4.78 is 45.0. The topological polar surface area (TPSA) is 212 Å². The van der Waals surface area contributed by atoms with Gasteiger partial charge in [0.05, 0.1) is 19.3 Å². The standard InChI is InChI=1S/C34H46F2N2O13/c1-21-16-23-24-18-26(35)25-17-22(39)12-13-31(25,2)33(24,36)27(40)19-32(23,3)34(21,51-30(43)11-7-5-9-15-50-38(46)47)28(41)20-48-29(42)10-6-4-8-14-49-37(44)45/h12-13,21,23-24,27,40H,4-11,14-20H2,1-3H3/t21-,23?,24?,27+,31+,32+,33+,34+/m1/s1. The Hall–Kier alpha value is -4.02. The fraction of sp³-hybridized carbons (Fsp3) is 0.765. The first-order valence-electron chi connectivity index (χ1n) is 17.4. The van der Waals surface area contributed by atoms with Gasteiger partial charge in [-0.2, -0.15) is 0 Å². The summed E-state index contributed by atoms with van der Waals surface area (Å²) in [6.45, 7) is 3.61. The van der Waals surface area contributed by atoms with E-state index in [1.54, 1.807) is 13.8 Å². The summed E-state index contributed by atoms with van der Waals surface area (Å²) in [6, 6.07) is 0. The molecule has 0 spiro atoms. The zero-order valence-corrected chi connectivity index (χ0v) is 29.1. The van der Waals surface area contributed by atoms with E-state index in [2.05, 4.69) is 9.68 Å². The van der Waals surface area contributed by atoms with E-state index in [0.29, 0.717) is 25.7 Å². The molecule has 0 amide bonds. The van der Waals surface area contributed by atoms with Crippen LogP contribution in [-0.4, -0.2) is 76.0 Å². The van der Waals surface area contributed by atoms with Crippen LogP contribution in [0.25, 0.3) is 0 Å². The van der Waals surface area contributed by atoms with E-state index in [1.165, 1.54) is 19.1 Å². The first kappa shape index (κ1) is 39.8. The number of halogens is 2. The SMILES string of the molecule is C[C@@H]1CC2C3CC(F)=C4CC(=O)C=C[C@]4(C)[C@@]3(F)[C@@H](O)C[C@]2(C)[C@@]1(OC(=O)CCCCCO[N+](=O)[O-])C(=O)COC(=O)CCCCCO[N+](=O)[O-]. The van der Waals surface area contributed by atoms with Crippen LogP contribution in [-0.2, 0) is 38.3 Å². The molecule has 8 atom stereocenters. The maximum atomic E-state index is 17.7. The van der Waals surface area contributed by atoms with E-state index in [9.17, 15) is 44.5 Å². The quantitative estimate of drug-likeness (QED) is 0.0868. The average molecular weight is 729 g/mol. The number of carbonyl (C=O) groups is 4. The molecule has 0 aromatic heterocycles. The van der Waals surface area contributed by atoms with E-state index in [1.807, 2.05) is 0 Å². The fourth-order valence-electron chi connectivity index (χ4n) is 9.30. The van der Waals surface area contributed by atoms with Gasteiger partial charge in [-0.15, -0.1) is 20.2 Å².